The summed E-state index contributed by atoms with van der Waals surface area (Å²) >= 11 is 0. The third kappa shape index (κ3) is 6.66. The molecule has 0 saturated heterocycles. The van der Waals surface area contributed by atoms with Gasteiger partial charge in [-0.1, -0.05) is 34.1 Å². The van der Waals surface area contributed by atoms with E-state index in [9.17, 15) is 0 Å². The zero-order valence-corrected chi connectivity index (χ0v) is 9.31. The van der Waals surface area contributed by atoms with Crippen molar-refractivity contribution in [2.45, 2.75) is 47.5 Å². The zero-order valence-electron chi connectivity index (χ0n) is 9.31. The summed E-state index contributed by atoms with van der Waals surface area (Å²) in [6.45, 7) is 12.9. The smallest absolute Gasteiger partial charge is 0.0516 e. The van der Waals surface area contributed by atoms with Crippen LogP contribution in [0, 0.1) is 11.3 Å². The van der Waals surface area contributed by atoms with Crippen molar-refractivity contribution in [2.75, 3.05) is 13.2 Å². The Morgan fingerprint density at radius 3 is 2.25 bits per heavy atom. The van der Waals surface area contributed by atoms with Crippen molar-refractivity contribution in [3.05, 3.63) is 0 Å². The van der Waals surface area contributed by atoms with Gasteiger partial charge in [0.2, 0.25) is 0 Å². The van der Waals surface area contributed by atoms with Gasteiger partial charge in [0.25, 0.3) is 0 Å². The number of ether oxygens (including phenoxy) is 1. The fourth-order valence-corrected chi connectivity index (χ4v) is 1.13. The Morgan fingerprint density at radius 2 is 1.83 bits per heavy atom. The first-order valence-electron chi connectivity index (χ1n) is 5.05. The zero-order chi connectivity index (χ0) is 9.61. The first kappa shape index (κ1) is 12.0. The van der Waals surface area contributed by atoms with E-state index in [0.29, 0.717) is 5.41 Å². The maximum Gasteiger partial charge on any atom is 0.0516 e. The minimum absolute atomic E-state index is 0.361. The minimum atomic E-state index is 0.361. The Kier molecular flexibility index (Phi) is 5.56. The molecule has 0 aromatic heterocycles. The van der Waals surface area contributed by atoms with Gasteiger partial charge in [0.15, 0.2) is 0 Å². The van der Waals surface area contributed by atoms with Crippen LogP contribution in [-0.4, -0.2) is 13.2 Å². The van der Waals surface area contributed by atoms with Crippen molar-refractivity contribution in [2.24, 2.45) is 11.3 Å². The van der Waals surface area contributed by atoms with E-state index in [2.05, 4.69) is 34.6 Å². The van der Waals surface area contributed by atoms with Gasteiger partial charge in [0, 0.05) is 6.61 Å². The van der Waals surface area contributed by atoms with Gasteiger partial charge in [0.05, 0.1) is 6.61 Å². The minimum Gasteiger partial charge on any atom is -0.381 e. The summed E-state index contributed by atoms with van der Waals surface area (Å²) in [6.07, 6.45) is 2.57. The molecule has 0 unspecified atom stereocenters. The molecule has 0 amide bonds. The molecular formula is C11H24O. The van der Waals surface area contributed by atoms with E-state index < -0.39 is 0 Å². The molecule has 0 heterocycles. The highest BCUT2D eigenvalue weighted by atomic mass is 16.5. The van der Waals surface area contributed by atoms with Gasteiger partial charge in [-0.2, -0.15) is 0 Å². The molecule has 1 heteroatoms. The summed E-state index contributed by atoms with van der Waals surface area (Å²) in [7, 11) is 0. The predicted octanol–water partition coefficient (Wildman–Crippen LogP) is 3.49. The lowest BCUT2D eigenvalue weighted by molar-refractivity contribution is 0.0630. The maximum atomic E-state index is 5.43. The Labute approximate surface area is 77.5 Å². The molecule has 0 atom stereocenters. The number of hydrogen-bond acceptors (Lipinski definition) is 1. The average molecular weight is 172 g/mol. The molecule has 12 heavy (non-hydrogen) atoms. The molecule has 0 aliphatic rings. The highest BCUT2D eigenvalue weighted by Gasteiger charge is 2.17. The third-order valence-electron chi connectivity index (χ3n) is 2.10. The van der Waals surface area contributed by atoms with E-state index in [-0.39, 0.29) is 0 Å². The Bertz CT molecular complexity index is 106. The normalized spacial score (nSPS) is 12.5. The highest BCUT2D eigenvalue weighted by molar-refractivity contribution is 4.68. The van der Waals surface area contributed by atoms with Gasteiger partial charge < -0.3 is 4.74 Å². The summed E-state index contributed by atoms with van der Waals surface area (Å²) in [5, 5.41) is 0. The maximum absolute atomic E-state index is 5.43. The summed E-state index contributed by atoms with van der Waals surface area (Å²) in [6, 6.07) is 0. The predicted molar refractivity (Wildman–Crippen MR) is 54.3 cm³/mol. The topological polar surface area (TPSA) is 9.23 Å². The number of rotatable bonds is 6. The summed E-state index contributed by atoms with van der Waals surface area (Å²) in [5.74, 6) is 0.811. The lowest BCUT2D eigenvalue weighted by Gasteiger charge is -2.24. The van der Waals surface area contributed by atoms with Crippen molar-refractivity contribution < 1.29 is 4.74 Å². The molecule has 1 nitrogen and oxygen atoms in total. The van der Waals surface area contributed by atoms with E-state index >= 15 is 0 Å². The van der Waals surface area contributed by atoms with Crippen LogP contribution >= 0.6 is 0 Å². The molecule has 0 radical (unpaired) electrons. The third-order valence-corrected chi connectivity index (χ3v) is 2.10. The largest absolute Gasteiger partial charge is 0.381 e. The summed E-state index contributed by atoms with van der Waals surface area (Å²) < 4.78 is 5.43. The molecule has 74 valence electrons. The van der Waals surface area contributed by atoms with Crippen LogP contribution in [0.3, 0.4) is 0 Å². The molecule has 0 rings (SSSR count). The van der Waals surface area contributed by atoms with Crippen molar-refractivity contribution >= 4 is 0 Å². The van der Waals surface area contributed by atoms with Crippen LogP contribution in [0.1, 0.15) is 47.5 Å². The van der Waals surface area contributed by atoms with Gasteiger partial charge >= 0.3 is 0 Å². The fourth-order valence-electron chi connectivity index (χ4n) is 1.13. The average Bonchev–Trinajstić information content (AvgIpc) is 1.98. The molecular weight excluding hydrogens is 148 g/mol. The van der Waals surface area contributed by atoms with Gasteiger partial charge in [-0.05, 0) is 24.7 Å². The molecule has 0 spiro atoms. The Hall–Kier alpha value is -0.0400. The van der Waals surface area contributed by atoms with Crippen LogP contribution in [-0.2, 0) is 4.74 Å². The van der Waals surface area contributed by atoms with Gasteiger partial charge in [-0.15, -0.1) is 0 Å². The van der Waals surface area contributed by atoms with Gasteiger partial charge in [-0.25, -0.2) is 0 Å². The van der Waals surface area contributed by atoms with E-state index in [1.165, 1.54) is 12.8 Å². The van der Waals surface area contributed by atoms with Crippen LogP contribution in [0.15, 0.2) is 0 Å². The van der Waals surface area contributed by atoms with Crippen molar-refractivity contribution in [3.63, 3.8) is 0 Å². The quantitative estimate of drug-likeness (QED) is 0.596. The second-order valence-electron chi connectivity index (χ2n) is 4.73. The Morgan fingerprint density at radius 1 is 1.25 bits per heavy atom. The van der Waals surface area contributed by atoms with Crippen LogP contribution in [0.25, 0.3) is 0 Å². The first-order valence-corrected chi connectivity index (χ1v) is 5.05. The lowest BCUT2D eigenvalue weighted by Crippen LogP contribution is -2.19. The van der Waals surface area contributed by atoms with E-state index in [4.69, 9.17) is 4.74 Å². The number of hydrogen-bond donors (Lipinski definition) is 0. The highest BCUT2D eigenvalue weighted by Crippen LogP contribution is 2.24. The molecule has 0 aromatic carbocycles. The molecule has 0 bridgehead atoms. The van der Waals surface area contributed by atoms with Gasteiger partial charge in [0.1, 0.15) is 0 Å². The Balaban J connectivity index is 3.56. The van der Waals surface area contributed by atoms with Crippen LogP contribution < -0.4 is 0 Å². The molecule has 0 saturated carbocycles. The molecule has 0 aliphatic heterocycles. The molecule has 0 aromatic rings. The second kappa shape index (κ2) is 5.58. The van der Waals surface area contributed by atoms with E-state index in [0.717, 1.165) is 19.1 Å². The van der Waals surface area contributed by atoms with Crippen molar-refractivity contribution in [1.29, 1.82) is 0 Å². The molecule has 0 fully saturated rings. The van der Waals surface area contributed by atoms with Crippen molar-refractivity contribution in [3.8, 4) is 0 Å². The molecule has 0 aliphatic carbocycles. The van der Waals surface area contributed by atoms with Crippen LogP contribution in [0.4, 0.5) is 0 Å². The summed E-state index contributed by atoms with van der Waals surface area (Å²) in [5.41, 5.74) is 0.361. The second-order valence-corrected chi connectivity index (χ2v) is 4.73. The lowest BCUT2D eigenvalue weighted by atomic mass is 9.86. The fraction of sp³-hybridized carbons (Fsp3) is 1.00. The first-order chi connectivity index (χ1) is 5.48. The van der Waals surface area contributed by atoms with Crippen LogP contribution in [0.5, 0.6) is 0 Å². The van der Waals surface area contributed by atoms with E-state index in [1.54, 1.807) is 0 Å². The summed E-state index contributed by atoms with van der Waals surface area (Å²) in [4.78, 5) is 0. The monoisotopic (exact) mass is 172 g/mol. The molecule has 0 N–H and O–H groups in total. The van der Waals surface area contributed by atoms with Crippen LogP contribution in [0.2, 0.25) is 0 Å². The standard InChI is InChI=1S/C11H24O/c1-6-12-9-11(4,5)8-7-10(2)3/h10H,6-9H2,1-5H3. The van der Waals surface area contributed by atoms with Crippen molar-refractivity contribution in [1.82, 2.24) is 0 Å². The van der Waals surface area contributed by atoms with E-state index in [1.807, 2.05) is 0 Å². The van der Waals surface area contributed by atoms with Gasteiger partial charge in [-0.3, -0.25) is 0 Å². The SMILES string of the molecule is CCOCC(C)(C)CCC(C)C.